The van der Waals surface area contributed by atoms with Crippen molar-refractivity contribution in [3.63, 3.8) is 0 Å². The van der Waals surface area contributed by atoms with E-state index in [-0.39, 0.29) is 44.9 Å². The second-order valence-electron chi connectivity index (χ2n) is 9.71. The van der Waals surface area contributed by atoms with Crippen LogP contribution in [0.3, 0.4) is 0 Å². The van der Waals surface area contributed by atoms with Crippen molar-refractivity contribution in [3.8, 4) is 50.9 Å². The Morgan fingerprint density at radius 1 is 0.886 bits per heavy atom. The van der Waals surface area contributed by atoms with Gasteiger partial charge in [0.25, 0.3) is 0 Å². The molecule has 5 rings (SSSR count). The van der Waals surface area contributed by atoms with Crippen LogP contribution in [0.2, 0.25) is 0 Å². The Hall–Kier alpha value is -4.79. The average molecular weight is 638 g/mol. The fourth-order valence-electron chi connectivity index (χ4n) is 4.57. The Bertz CT molecular complexity index is 2000. The summed E-state index contributed by atoms with van der Waals surface area (Å²) in [5.74, 6) is -1.33. The number of hydrogen-bond acceptors (Lipinski definition) is 7. The number of benzene rings is 3. The summed E-state index contributed by atoms with van der Waals surface area (Å²) in [4.78, 5) is 7.96. The van der Waals surface area contributed by atoms with Crippen molar-refractivity contribution in [1.82, 2.24) is 14.5 Å². The zero-order valence-electron chi connectivity index (χ0n) is 22.9. The summed E-state index contributed by atoms with van der Waals surface area (Å²) in [6.45, 7) is 2.83. The highest BCUT2D eigenvalue weighted by Crippen LogP contribution is 2.43. The summed E-state index contributed by atoms with van der Waals surface area (Å²) in [5, 5.41) is 10.7. The van der Waals surface area contributed by atoms with Gasteiger partial charge in [0.1, 0.15) is 23.0 Å². The van der Waals surface area contributed by atoms with Crippen LogP contribution in [-0.4, -0.2) is 40.7 Å². The van der Waals surface area contributed by atoms with Crippen LogP contribution in [0.4, 0.5) is 26.3 Å². The van der Waals surface area contributed by atoms with Gasteiger partial charge in [-0.05, 0) is 54.4 Å². The third-order valence-electron chi connectivity index (χ3n) is 6.46. The average Bonchev–Trinajstić information content (AvgIpc) is 3.49. The Kier molecular flexibility index (Phi) is 7.48. The van der Waals surface area contributed by atoms with Crippen molar-refractivity contribution >= 4 is 9.84 Å². The van der Waals surface area contributed by atoms with E-state index in [1.807, 2.05) is 0 Å². The van der Waals surface area contributed by atoms with Gasteiger partial charge >= 0.3 is 12.5 Å². The van der Waals surface area contributed by atoms with Gasteiger partial charge in [-0.2, -0.15) is 13.2 Å². The van der Waals surface area contributed by atoms with Crippen molar-refractivity contribution in [2.24, 2.45) is 0 Å². The molecule has 0 bridgehead atoms. The molecule has 2 heterocycles. The molecule has 0 saturated carbocycles. The van der Waals surface area contributed by atoms with Gasteiger partial charge in [0.2, 0.25) is 0 Å². The number of aryl methyl sites for hydroxylation is 2. The van der Waals surface area contributed by atoms with E-state index in [4.69, 9.17) is 4.42 Å². The van der Waals surface area contributed by atoms with Gasteiger partial charge in [0, 0.05) is 36.6 Å². The Morgan fingerprint density at radius 2 is 1.59 bits per heavy atom. The molecule has 5 aromatic rings. The van der Waals surface area contributed by atoms with E-state index in [9.17, 15) is 39.9 Å². The number of sulfone groups is 1. The van der Waals surface area contributed by atoms with Gasteiger partial charge in [-0.3, -0.25) is 0 Å². The Morgan fingerprint density at radius 3 is 2.20 bits per heavy atom. The molecule has 2 aromatic heterocycles. The lowest BCUT2D eigenvalue weighted by Crippen LogP contribution is -2.17. The number of oxazole rings is 1. The third-order valence-corrected chi connectivity index (χ3v) is 7.57. The predicted molar refractivity (Wildman–Crippen MR) is 146 cm³/mol. The first kappa shape index (κ1) is 30.7. The normalized spacial score (nSPS) is 12.5. The largest absolute Gasteiger partial charge is 0.573 e. The molecule has 230 valence electrons. The number of nitrogens with zero attached hydrogens (tertiary/aromatic N) is 3. The summed E-state index contributed by atoms with van der Waals surface area (Å²) in [5.41, 5.74) is -0.0300. The zero-order valence-corrected chi connectivity index (χ0v) is 23.8. The highest BCUT2D eigenvalue weighted by molar-refractivity contribution is 7.90. The molecule has 0 aliphatic heterocycles. The number of phenolic OH excluding ortho intramolecular Hbond substituents is 1. The van der Waals surface area contributed by atoms with E-state index in [0.717, 1.165) is 30.7 Å². The van der Waals surface area contributed by atoms with Gasteiger partial charge in [0.15, 0.2) is 27.2 Å². The standard InChI is InChI=1S/C29H21F6N3O5S/c1-15-36-25(28(30,31)32)14-38(15)23-10-7-18(17-5-4-6-20(11-17)44(3,40)41)12-22(23)27-26(37-16(2)42-27)21-9-8-19(13-24(21)39)43-29(33,34)35/h4-14,39H,1-3H3. The van der Waals surface area contributed by atoms with Crippen LogP contribution in [0, 0.1) is 13.8 Å². The van der Waals surface area contributed by atoms with E-state index in [0.29, 0.717) is 11.1 Å². The fourth-order valence-corrected chi connectivity index (χ4v) is 5.23. The van der Waals surface area contributed by atoms with Crippen molar-refractivity contribution in [1.29, 1.82) is 0 Å². The number of alkyl halides is 6. The Balaban J connectivity index is 1.75. The highest BCUT2D eigenvalue weighted by Gasteiger charge is 2.35. The van der Waals surface area contributed by atoms with Gasteiger partial charge in [-0.1, -0.05) is 18.2 Å². The molecule has 0 aliphatic rings. The van der Waals surface area contributed by atoms with Crippen LogP contribution in [0.5, 0.6) is 11.5 Å². The molecule has 0 radical (unpaired) electrons. The smallest absolute Gasteiger partial charge is 0.507 e. The lowest BCUT2D eigenvalue weighted by molar-refractivity contribution is -0.274. The first-order valence-corrected chi connectivity index (χ1v) is 14.4. The maximum Gasteiger partial charge on any atom is 0.573 e. The molecule has 0 aliphatic carbocycles. The lowest BCUT2D eigenvalue weighted by atomic mass is 9.98. The van der Waals surface area contributed by atoms with E-state index >= 15 is 0 Å². The molecular weight excluding hydrogens is 616 g/mol. The van der Waals surface area contributed by atoms with Gasteiger partial charge in [0.05, 0.1) is 10.6 Å². The first-order chi connectivity index (χ1) is 20.4. The molecule has 0 saturated heterocycles. The Labute approximate surface area is 246 Å². The van der Waals surface area contributed by atoms with Crippen LogP contribution in [0.1, 0.15) is 17.4 Å². The maximum absolute atomic E-state index is 13.5. The topological polar surface area (TPSA) is 107 Å². The number of phenols is 1. The number of aromatic nitrogens is 3. The molecule has 0 amide bonds. The molecule has 0 atom stereocenters. The first-order valence-electron chi connectivity index (χ1n) is 12.6. The van der Waals surface area contributed by atoms with Crippen molar-refractivity contribution in [2.75, 3.05) is 6.26 Å². The number of hydrogen-bond donors (Lipinski definition) is 1. The number of aromatic hydroxyl groups is 1. The molecule has 8 nitrogen and oxygen atoms in total. The van der Waals surface area contributed by atoms with E-state index in [2.05, 4.69) is 14.7 Å². The highest BCUT2D eigenvalue weighted by atomic mass is 32.2. The fraction of sp³-hybridized carbons (Fsp3) is 0.172. The van der Waals surface area contributed by atoms with Crippen LogP contribution < -0.4 is 4.74 Å². The van der Waals surface area contributed by atoms with Gasteiger partial charge in [-0.25, -0.2) is 18.4 Å². The number of imidazole rings is 1. The van der Waals surface area contributed by atoms with Crippen LogP contribution >= 0.6 is 0 Å². The monoisotopic (exact) mass is 637 g/mol. The summed E-state index contributed by atoms with van der Waals surface area (Å²) in [7, 11) is -3.58. The molecule has 0 spiro atoms. The number of rotatable bonds is 6. The quantitative estimate of drug-likeness (QED) is 0.192. The number of halogens is 6. The molecule has 44 heavy (non-hydrogen) atoms. The van der Waals surface area contributed by atoms with Crippen molar-refractivity contribution in [2.45, 2.75) is 31.3 Å². The second kappa shape index (κ2) is 10.7. The maximum atomic E-state index is 13.5. The third kappa shape index (κ3) is 6.27. The van der Waals surface area contributed by atoms with Crippen molar-refractivity contribution < 1.29 is 49.0 Å². The molecule has 0 fully saturated rings. The summed E-state index contributed by atoms with van der Waals surface area (Å²) < 4.78 is 114. The molecular formula is C29H21F6N3O5S. The van der Waals surface area contributed by atoms with Crippen LogP contribution in [0.15, 0.2) is 76.2 Å². The van der Waals surface area contributed by atoms with Crippen LogP contribution in [0.25, 0.3) is 39.4 Å². The molecule has 15 heteroatoms. The van der Waals surface area contributed by atoms with Crippen molar-refractivity contribution in [3.05, 3.63) is 84.3 Å². The summed E-state index contributed by atoms with van der Waals surface area (Å²) in [6.07, 6.45) is -7.92. The SMILES string of the molecule is Cc1nc(-c2ccc(OC(F)(F)F)cc2O)c(-c2cc(-c3cccc(S(C)(=O)=O)c3)ccc2-n2cc(C(F)(F)F)nc2C)o1. The predicted octanol–water partition coefficient (Wildman–Crippen LogP) is 7.50. The molecule has 1 N–H and O–H groups in total. The number of ether oxygens (including phenoxy) is 1. The minimum atomic E-state index is -5.01. The summed E-state index contributed by atoms with van der Waals surface area (Å²) >= 11 is 0. The van der Waals surface area contributed by atoms with E-state index in [1.54, 1.807) is 12.1 Å². The molecule has 0 unspecified atom stereocenters. The summed E-state index contributed by atoms with van der Waals surface area (Å²) in [6, 6.07) is 13.4. The van der Waals surface area contributed by atoms with E-state index in [1.165, 1.54) is 48.7 Å². The minimum absolute atomic E-state index is 0.0281. The second-order valence-corrected chi connectivity index (χ2v) is 11.7. The molecule has 3 aromatic carbocycles. The minimum Gasteiger partial charge on any atom is -0.507 e. The van der Waals surface area contributed by atoms with Gasteiger partial charge in [-0.15, -0.1) is 13.2 Å². The lowest BCUT2D eigenvalue weighted by Gasteiger charge is -2.15. The zero-order chi connectivity index (χ0) is 32.2. The van der Waals surface area contributed by atoms with Gasteiger partial charge < -0.3 is 18.8 Å². The van der Waals surface area contributed by atoms with E-state index < -0.39 is 39.6 Å². The van der Waals surface area contributed by atoms with Crippen LogP contribution in [-0.2, 0) is 16.0 Å².